The first-order chi connectivity index (χ1) is 17.5. The summed E-state index contributed by atoms with van der Waals surface area (Å²) in [6.07, 6.45) is 0.541. The molecule has 1 unspecified atom stereocenters. The monoisotopic (exact) mass is 579 g/mol. The van der Waals surface area contributed by atoms with Gasteiger partial charge in [0.1, 0.15) is 16.8 Å². The van der Waals surface area contributed by atoms with Gasteiger partial charge in [-0.1, -0.05) is 68.2 Å². The molecule has 204 valence electrons. The number of carboxylic acid groups (broad SMARTS) is 1. The highest BCUT2D eigenvalue weighted by atomic mass is 35.5. The standard InChI is InChI=1S/C27H31Cl2N3O5S/c1-26(2,3)14-20-27(15-30,17-8-10-18(28)11-9-17)23(16-6-5-7-19(29)12-16)24(25(34)35)32(20)22(13-21(31)33)38(4,36)37/h5-12,20,22-24H,13-14H2,1-4H3,(H2,31,33)(H,34,35)/t20-,22?,23-,24+,27-/m0/s1. The van der Waals surface area contributed by atoms with E-state index in [1.807, 2.05) is 20.8 Å². The lowest BCUT2D eigenvalue weighted by molar-refractivity contribution is -0.144. The summed E-state index contributed by atoms with van der Waals surface area (Å²) >= 11 is 12.5. The van der Waals surface area contributed by atoms with E-state index in [2.05, 4.69) is 6.07 Å². The van der Waals surface area contributed by atoms with Crippen LogP contribution in [0.15, 0.2) is 48.5 Å². The minimum Gasteiger partial charge on any atom is -0.480 e. The van der Waals surface area contributed by atoms with Crippen LogP contribution in [-0.2, 0) is 24.8 Å². The number of carboxylic acids is 1. The molecule has 2 aromatic carbocycles. The lowest BCUT2D eigenvalue weighted by atomic mass is 9.63. The number of likely N-dealkylation sites (tertiary alicyclic amines) is 1. The van der Waals surface area contributed by atoms with E-state index in [0.717, 1.165) is 6.26 Å². The van der Waals surface area contributed by atoms with E-state index in [-0.39, 0.29) is 6.42 Å². The maximum Gasteiger partial charge on any atom is 0.321 e. The first-order valence-corrected chi connectivity index (χ1v) is 14.6. The predicted molar refractivity (Wildman–Crippen MR) is 147 cm³/mol. The van der Waals surface area contributed by atoms with Crippen LogP contribution in [0.2, 0.25) is 10.0 Å². The smallest absolute Gasteiger partial charge is 0.321 e. The van der Waals surface area contributed by atoms with Crippen molar-refractivity contribution in [1.29, 1.82) is 5.26 Å². The van der Waals surface area contributed by atoms with E-state index in [9.17, 15) is 28.4 Å². The number of nitrogens with zero attached hydrogens (tertiary/aromatic N) is 2. The Balaban J connectivity index is 2.52. The van der Waals surface area contributed by atoms with Crippen molar-refractivity contribution >= 4 is 44.9 Å². The van der Waals surface area contributed by atoms with Crippen LogP contribution in [0.25, 0.3) is 0 Å². The number of primary amides is 1. The zero-order valence-corrected chi connectivity index (χ0v) is 23.9. The van der Waals surface area contributed by atoms with Crippen molar-refractivity contribution in [3.05, 3.63) is 69.7 Å². The van der Waals surface area contributed by atoms with Gasteiger partial charge < -0.3 is 10.8 Å². The Labute approximate surface area is 233 Å². The lowest BCUT2D eigenvalue weighted by Gasteiger charge is -2.41. The number of rotatable bonds is 8. The average Bonchev–Trinajstić information content (AvgIpc) is 3.06. The van der Waals surface area contributed by atoms with Crippen molar-refractivity contribution in [2.45, 2.75) is 62.4 Å². The van der Waals surface area contributed by atoms with Gasteiger partial charge in [0.25, 0.3) is 0 Å². The van der Waals surface area contributed by atoms with Crippen LogP contribution in [0.1, 0.15) is 50.7 Å². The Hall–Kier alpha value is -2.64. The van der Waals surface area contributed by atoms with Gasteiger partial charge in [0.05, 0.1) is 12.5 Å². The molecule has 0 radical (unpaired) electrons. The van der Waals surface area contributed by atoms with Gasteiger partial charge in [-0.2, -0.15) is 5.26 Å². The molecule has 1 aliphatic heterocycles. The minimum absolute atomic E-state index is 0.231. The number of aliphatic carboxylic acids is 1. The third-order valence-electron chi connectivity index (χ3n) is 6.99. The number of nitrogens with two attached hydrogens (primary N) is 1. The second-order valence-electron chi connectivity index (χ2n) is 11.0. The molecule has 0 aromatic heterocycles. The summed E-state index contributed by atoms with van der Waals surface area (Å²) in [6, 6.07) is 13.0. The zero-order valence-electron chi connectivity index (χ0n) is 21.6. The average molecular weight is 581 g/mol. The molecule has 11 heteroatoms. The molecule has 3 rings (SSSR count). The molecule has 0 bridgehead atoms. The largest absolute Gasteiger partial charge is 0.480 e. The summed E-state index contributed by atoms with van der Waals surface area (Å²) in [5.41, 5.74) is 4.36. The Bertz CT molecular complexity index is 1370. The van der Waals surface area contributed by atoms with Gasteiger partial charge in [0.15, 0.2) is 9.84 Å². The van der Waals surface area contributed by atoms with E-state index in [0.29, 0.717) is 21.2 Å². The van der Waals surface area contributed by atoms with Gasteiger partial charge in [-0.3, -0.25) is 14.5 Å². The SMILES string of the molecule is CC(C)(C)C[C@@H]1N(C(CC(N)=O)S(C)(=O)=O)[C@@H](C(=O)O)[C@H](c2cccc(Cl)c2)[C@@]1(C#N)c1ccc(Cl)cc1. The van der Waals surface area contributed by atoms with E-state index in [4.69, 9.17) is 28.9 Å². The van der Waals surface area contributed by atoms with Gasteiger partial charge >= 0.3 is 5.97 Å². The molecule has 2 aromatic rings. The molecular formula is C27H31Cl2N3O5S. The van der Waals surface area contributed by atoms with Crippen molar-refractivity contribution in [3.8, 4) is 6.07 Å². The van der Waals surface area contributed by atoms with Crippen molar-refractivity contribution in [3.63, 3.8) is 0 Å². The van der Waals surface area contributed by atoms with Crippen LogP contribution < -0.4 is 5.73 Å². The van der Waals surface area contributed by atoms with Crippen molar-refractivity contribution in [2.75, 3.05) is 6.26 Å². The van der Waals surface area contributed by atoms with Gasteiger partial charge in [-0.15, -0.1) is 0 Å². The van der Waals surface area contributed by atoms with Crippen LogP contribution in [0.3, 0.4) is 0 Å². The van der Waals surface area contributed by atoms with Crippen LogP contribution in [0.5, 0.6) is 0 Å². The maximum absolute atomic E-state index is 13.1. The van der Waals surface area contributed by atoms with Gasteiger partial charge in [-0.05, 0) is 47.2 Å². The predicted octanol–water partition coefficient (Wildman–Crippen LogP) is 4.36. The number of benzene rings is 2. The highest BCUT2D eigenvalue weighted by molar-refractivity contribution is 7.91. The van der Waals surface area contributed by atoms with E-state index < -0.39 is 62.3 Å². The molecule has 0 saturated carbocycles. The first-order valence-electron chi connectivity index (χ1n) is 11.9. The Morgan fingerprint density at radius 3 is 2.21 bits per heavy atom. The number of carbonyl (C=O) groups excluding carboxylic acids is 1. The second-order valence-corrected chi connectivity index (χ2v) is 14.1. The molecular weight excluding hydrogens is 549 g/mol. The van der Waals surface area contributed by atoms with Gasteiger partial charge in [0, 0.05) is 28.3 Å². The molecule has 0 aliphatic carbocycles. The topological polar surface area (TPSA) is 142 Å². The molecule has 3 N–H and O–H groups in total. The quantitative estimate of drug-likeness (QED) is 0.473. The number of hydrogen-bond donors (Lipinski definition) is 2. The van der Waals surface area contributed by atoms with Crippen LogP contribution in [0, 0.1) is 16.7 Å². The third kappa shape index (κ3) is 5.84. The molecule has 1 aliphatic rings. The molecule has 1 amide bonds. The minimum atomic E-state index is -4.05. The fourth-order valence-corrected chi connectivity index (χ4v) is 7.17. The summed E-state index contributed by atoms with van der Waals surface area (Å²) in [5.74, 6) is -3.30. The van der Waals surface area contributed by atoms with E-state index in [1.54, 1.807) is 48.5 Å². The summed E-state index contributed by atoms with van der Waals surface area (Å²) in [5, 5.41) is 20.8. The maximum atomic E-state index is 13.1. The van der Waals surface area contributed by atoms with Crippen LogP contribution in [-0.4, -0.2) is 54.0 Å². The normalized spacial score (nSPS) is 25.0. The number of hydrogen-bond acceptors (Lipinski definition) is 6. The number of nitriles is 1. The Morgan fingerprint density at radius 1 is 1.16 bits per heavy atom. The number of halogens is 2. The fourth-order valence-electron chi connectivity index (χ4n) is 5.66. The summed E-state index contributed by atoms with van der Waals surface area (Å²) in [4.78, 5) is 26.5. The molecule has 38 heavy (non-hydrogen) atoms. The number of amides is 1. The first kappa shape index (κ1) is 29.9. The number of sulfone groups is 1. The molecule has 1 heterocycles. The van der Waals surface area contributed by atoms with Crippen LogP contribution >= 0.6 is 23.2 Å². The van der Waals surface area contributed by atoms with Crippen molar-refractivity contribution in [2.24, 2.45) is 11.1 Å². The van der Waals surface area contributed by atoms with E-state index in [1.165, 1.54) is 4.90 Å². The van der Waals surface area contributed by atoms with Crippen molar-refractivity contribution < 1.29 is 23.1 Å². The number of carbonyl (C=O) groups is 2. The summed E-state index contributed by atoms with van der Waals surface area (Å²) in [6.45, 7) is 5.75. The Morgan fingerprint density at radius 2 is 1.76 bits per heavy atom. The van der Waals surface area contributed by atoms with Crippen LogP contribution in [0.4, 0.5) is 0 Å². The third-order valence-corrected chi connectivity index (χ3v) is 8.87. The highest BCUT2D eigenvalue weighted by Gasteiger charge is 2.66. The molecule has 1 fully saturated rings. The van der Waals surface area contributed by atoms with Crippen molar-refractivity contribution in [1.82, 2.24) is 4.90 Å². The van der Waals surface area contributed by atoms with Gasteiger partial charge in [-0.25, -0.2) is 8.42 Å². The van der Waals surface area contributed by atoms with E-state index >= 15 is 0 Å². The van der Waals surface area contributed by atoms with Gasteiger partial charge in [0.2, 0.25) is 5.91 Å². The molecule has 0 spiro atoms. The summed E-state index contributed by atoms with van der Waals surface area (Å²) in [7, 11) is -4.05. The zero-order chi connectivity index (χ0) is 28.6. The molecule has 5 atom stereocenters. The fraction of sp³-hybridized carbons (Fsp3) is 0.444. The summed E-state index contributed by atoms with van der Waals surface area (Å²) < 4.78 is 26.3. The Kier molecular flexibility index (Phi) is 8.54. The highest BCUT2D eigenvalue weighted by Crippen LogP contribution is 2.56. The molecule has 8 nitrogen and oxygen atoms in total. The lowest BCUT2D eigenvalue weighted by Crippen LogP contribution is -2.54. The second kappa shape index (κ2) is 10.9. The molecule has 1 saturated heterocycles.